The smallest absolute Gasteiger partial charge is 0.167 e. The van der Waals surface area contributed by atoms with Crippen LogP contribution >= 0.6 is 69.0 Å². The van der Waals surface area contributed by atoms with E-state index >= 15 is 0 Å². The molecule has 0 spiro atoms. The van der Waals surface area contributed by atoms with Gasteiger partial charge in [-0.2, -0.15) is 0 Å². The summed E-state index contributed by atoms with van der Waals surface area (Å²) in [5, 5.41) is -1.67. The maximum Gasteiger partial charge on any atom is 0.167 e. The second-order valence-electron chi connectivity index (χ2n) is 3.67. The molecule has 0 fully saturated rings. The van der Waals surface area contributed by atoms with Crippen molar-refractivity contribution in [1.29, 1.82) is 0 Å². The van der Waals surface area contributed by atoms with E-state index in [4.69, 9.17) is 52.1 Å². The predicted molar refractivity (Wildman–Crippen MR) is 89.9 cm³/mol. The van der Waals surface area contributed by atoms with Crippen molar-refractivity contribution in [3.63, 3.8) is 0 Å². The lowest BCUT2D eigenvalue weighted by Gasteiger charge is -2.01. The van der Waals surface area contributed by atoms with Gasteiger partial charge in [0.05, 0.1) is 19.3 Å². The number of nitrogen functional groups attached to an aromatic ring is 1. The molecule has 0 aliphatic heterocycles. The fourth-order valence-electron chi connectivity index (χ4n) is 1.14. The summed E-state index contributed by atoms with van der Waals surface area (Å²) in [6.07, 6.45) is 0. The topological polar surface area (TPSA) is 26.0 Å². The van der Waals surface area contributed by atoms with Crippen molar-refractivity contribution in [2.45, 2.75) is 0 Å². The molecule has 2 aromatic carbocycles. The Morgan fingerprint density at radius 3 is 1.64 bits per heavy atom. The molecule has 0 amide bonds. The van der Waals surface area contributed by atoms with Crippen LogP contribution in [0.1, 0.15) is 0 Å². The number of hydrogen-bond donors (Lipinski definition) is 1. The molecule has 0 unspecified atom stereocenters. The van der Waals surface area contributed by atoms with Crippen LogP contribution in [0.3, 0.4) is 0 Å². The van der Waals surface area contributed by atoms with E-state index in [1.807, 2.05) is 0 Å². The first-order chi connectivity index (χ1) is 10.1. The van der Waals surface area contributed by atoms with Crippen LogP contribution in [0.15, 0.2) is 12.1 Å². The molecule has 2 N–H and O–H groups in total. The molecule has 2 aromatic rings. The van der Waals surface area contributed by atoms with E-state index in [1.54, 1.807) is 22.6 Å². The average molecular weight is 507 g/mol. The zero-order chi connectivity index (χ0) is 17.2. The standard InChI is InChI=1S/C6HCl2F2I.C6H3Cl2F2N/c2*7-2-1-3(11)6(10)4(8)5(2)9/h1H;1H,11H2. The van der Waals surface area contributed by atoms with Crippen LogP contribution < -0.4 is 5.73 Å². The molecule has 0 bridgehead atoms. The van der Waals surface area contributed by atoms with Gasteiger partial charge in [0.1, 0.15) is 10.0 Å². The summed E-state index contributed by atoms with van der Waals surface area (Å²) in [6.45, 7) is 0. The van der Waals surface area contributed by atoms with E-state index in [1.165, 1.54) is 6.07 Å². The van der Waals surface area contributed by atoms with E-state index < -0.39 is 33.3 Å². The van der Waals surface area contributed by atoms with Gasteiger partial charge >= 0.3 is 0 Å². The maximum absolute atomic E-state index is 12.7. The minimum absolute atomic E-state index is 0.166. The Morgan fingerprint density at radius 2 is 1.14 bits per heavy atom. The molecule has 0 aliphatic rings. The molecule has 10 heteroatoms. The minimum atomic E-state index is -0.986. The summed E-state index contributed by atoms with van der Waals surface area (Å²) in [5.74, 6) is -3.64. The SMILES string of the molecule is Fc1c(Cl)cc(I)c(F)c1Cl.Nc1cc(Cl)c(F)c(Cl)c1F. The van der Waals surface area contributed by atoms with Gasteiger partial charge < -0.3 is 5.73 Å². The van der Waals surface area contributed by atoms with Gasteiger partial charge in [-0.1, -0.05) is 46.4 Å². The Hall–Kier alpha value is -0.150. The van der Waals surface area contributed by atoms with E-state index in [-0.39, 0.29) is 19.3 Å². The molecule has 0 saturated carbocycles. The third kappa shape index (κ3) is 4.44. The fourth-order valence-corrected chi connectivity index (χ4v) is 2.99. The van der Waals surface area contributed by atoms with Crippen LogP contribution in [-0.4, -0.2) is 0 Å². The number of benzene rings is 2. The molecule has 0 aliphatic carbocycles. The van der Waals surface area contributed by atoms with Crippen molar-refractivity contribution < 1.29 is 17.6 Å². The summed E-state index contributed by atoms with van der Waals surface area (Å²) in [4.78, 5) is 0. The van der Waals surface area contributed by atoms with E-state index in [9.17, 15) is 17.6 Å². The highest BCUT2D eigenvalue weighted by molar-refractivity contribution is 14.1. The molecular weight excluding hydrogens is 503 g/mol. The van der Waals surface area contributed by atoms with Gasteiger partial charge in [-0.25, -0.2) is 17.6 Å². The summed E-state index contributed by atoms with van der Waals surface area (Å²) in [6, 6.07) is 2.15. The normalized spacial score (nSPS) is 10.2. The largest absolute Gasteiger partial charge is 0.396 e. The first-order valence-electron chi connectivity index (χ1n) is 5.14. The zero-order valence-corrected chi connectivity index (χ0v) is 15.3. The third-order valence-corrected chi connectivity index (χ3v) is 4.19. The summed E-state index contributed by atoms with van der Waals surface area (Å²) in [5.41, 5.74) is 4.82. The fraction of sp³-hybridized carbons (Fsp3) is 0. The molecule has 120 valence electrons. The Kier molecular flexibility index (Phi) is 7.32. The van der Waals surface area contributed by atoms with Crippen LogP contribution in [0.2, 0.25) is 20.1 Å². The van der Waals surface area contributed by atoms with Crippen LogP contribution in [-0.2, 0) is 0 Å². The number of halogens is 9. The van der Waals surface area contributed by atoms with Gasteiger partial charge in [-0.15, -0.1) is 0 Å². The van der Waals surface area contributed by atoms with Gasteiger partial charge in [-0.05, 0) is 34.7 Å². The van der Waals surface area contributed by atoms with Gasteiger partial charge in [0.2, 0.25) is 0 Å². The first-order valence-corrected chi connectivity index (χ1v) is 7.73. The maximum atomic E-state index is 12.7. The van der Waals surface area contributed by atoms with Crippen molar-refractivity contribution in [3.05, 3.63) is 59.1 Å². The highest BCUT2D eigenvalue weighted by Gasteiger charge is 2.14. The third-order valence-electron chi connectivity index (χ3n) is 2.19. The lowest BCUT2D eigenvalue weighted by molar-refractivity contribution is 0.579. The van der Waals surface area contributed by atoms with Crippen LogP contribution in [0.4, 0.5) is 23.2 Å². The molecule has 1 nitrogen and oxygen atoms in total. The van der Waals surface area contributed by atoms with Crippen molar-refractivity contribution in [2.75, 3.05) is 5.73 Å². The molecular formula is C12H4Cl4F4IN. The summed E-state index contributed by atoms with van der Waals surface area (Å²) in [7, 11) is 0. The second kappa shape index (κ2) is 8.10. The number of rotatable bonds is 0. The predicted octanol–water partition coefficient (Wildman–Crippen LogP) is 6.73. The molecule has 0 radical (unpaired) electrons. The van der Waals surface area contributed by atoms with E-state index in [0.29, 0.717) is 0 Å². The van der Waals surface area contributed by atoms with E-state index in [0.717, 1.165) is 6.07 Å². The average Bonchev–Trinajstić information content (AvgIpc) is 2.47. The van der Waals surface area contributed by atoms with Crippen molar-refractivity contribution in [2.24, 2.45) is 0 Å². The number of nitrogens with two attached hydrogens (primary N) is 1. The Morgan fingerprint density at radius 1 is 0.727 bits per heavy atom. The van der Waals surface area contributed by atoms with Crippen LogP contribution in [0, 0.1) is 26.8 Å². The Balaban J connectivity index is 0.000000220. The number of anilines is 1. The zero-order valence-electron chi connectivity index (χ0n) is 10.1. The highest BCUT2D eigenvalue weighted by atomic mass is 127. The highest BCUT2D eigenvalue weighted by Crippen LogP contribution is 2.30. The van der Waals surface area contributed by atoms with Crippen molar-refractivity contribution in [1.82, 2.24) is 0 Å². The van der Waals surface area contributed by atoms with Gasteiger partial charge in [0.25, 0.3) is 0 Å². The summed E-state index contributed by atoms with van der Waals surface area (Å²) >= 11 is 22.7. The van der Waals surface area contributed by atoms with Crippen molar-refractivity contribution >= 4 is 74.7 Å². The monoisotopic (exact) mass is 505 g/mol. The molecule has 22 heavy (non-hydrogen) atoms. The van der Waals surface area contributed by atoms with Gasteiger partial charge in [0.15, 0.2) is 23.3 Å². The number of hydrogen-bond acceptors (Lipinski definition) is 1. The Labute approximate surface area is 156 Å². The summed E-state index contributed by atoms with van der Waals surface area (Å²) < 4.78 is 50.8. The van der Waals surface area contributed by atoms with Crippen LogP contribution in [0.25, 0.3) is 0 Å². The van der Waals surface area contributed by atoms with Gasteiger partial charge in [-0.3, -0.25) is 0 Å². The van der Waals surface area contributed by atoms with Crippen LogP contribution in [0.5, 0.6) is 0 Å². The molecule has 0 heterocycles. The lowest BCUT2D eigenvalue weighted by atomic mass is 10.3. The second-order valence-corrected chi connectivity index (χ2v) is 6.40. The first kappa shape index (κ1) is 19.9. The Bertz CT molecular complexity index is 613. The van der Waals surface area contributed by atoms with E-state index in [2.05, 4.69) is 0 Å². The van der Waals surface area contributed by atoms with Crippen molar-refractivity contribution in [3.8, 4) is 0 Å². The van der Waals surface area contributed by atoms with Gasteiger partial charge in [0, 0.05) is 0 Å². The molecule has 2 rings (SSSR count). The minimum Gasteiger partial charge on any atom is -0.396 e. The quantitative estimate of drug-likeness (QED) is 0.138. The molecule has 0 atom stereocenters. The molecule has 0 saturated heterocycles. The lowest BCUT2D eigenvalue weighted by Crippen LogP contribution is -1.94. The molecule has 0 aromatic heterocycles.